The molecule has 8 rings (SSSR count). The molecule has 63 heavy (non-hydrogen) atoms. The first-order chi connectivity index (χ1) is 29.4. The highest BCUT2D eigenvalue weighted by molar-refractivity contribution is 5.99. The van der Waals surface area contributed by atoms with Crippen molar-refractivity contribution in [1.29, 1.82) is 0 Å². The van der Waals surface area contributed by atoms with E-state index >= 15 is 0 Å². The summed E-state index contributed by atoms with van der Waals surface area (Å²) in [4.78, 5) is 63.2. The number of piperidine rings is 2. The highest BCUT2D eigenvalue weighted by atomic mass is 35.5. The highest BCUT2D eigenvalue weighted by Crippen LogP contribution is 2.42. The maximum absolute atomic E-state index is 12.7. The van der Waals surface area contributed by atoms with Crippen LogP contribution in [0.15, 0.2) is 36.7 Å². The van der Waals surface area contributed by atoms with Crippen molar-refractivity contribution in [2.45, 2.75) is 90.3 Å². The van der Waals surface area contributed by atoms with Crippen molar-refractivity contribution in [3.63, 3.8) is 0 Å². The minimum atomic E-state index is -0.988. The molecule has 0 bridgehead atoms. The first-order valence-electron chi connectivity index (χ1n) is 22.2. The van der Waals surface area contributed by atoms with Crippen molar-refractivity contribution in [3.8, 4) is 0 Å². The SMILES string of the molecule is CCCCOC1CN(C(=O)/C=C/c2cnc3c(c2)CC2(CCN(C)CC2)C(=O)N3)C1.CCCCOC1CNC1.CN1CCC2(CC1)Cc1cc(/C=C/C(=O)O)cnc1NC2=O.Cl.Cl. The summed E-state index contributed by atoms with van der Waals surface area (Å²) in [6.07, 6.45) is 19.4. The van der Waals surface area contributed by atoms with Crippen LogP contribution in [0.2, 0.25) is 0 Å². The van der Waals surface area contributed by atoms with Crippen LogP contribution in [0.3, 0.4) is 0 Å². The van der Waals surface area contributed by atoms with Crippen LogP contribution < -0.4 is 16.0 Å². The molecule has 0 atom stereocenters. The molecule has 3 amide bonds. The first kappa shape index (κ1) is 51.7. The van der Waals surface area contributed by atoms with Crippen molar-refractivity contribution < 1.29 is 33.8 Å². The van der Waals surface area contributed by atoms with E-state index in [0.717, 1.165) is 119 Å². The van der Waals surface area contributed by atoms with E-state index in [4.69, 9.17) is 14.6 Å². The average Bonchev–Trinajstić information content (AvgIpc) is 3.21. The lowest BCUT2D eigenvalue weighted by atomic mass is 9.71. The number of nitrogens with zero attached hydrogens (tertiary/aromatic N) is 5. The molecular weight excluding hydrogens is 847 g/mol. The lowest BCUT2D eigenvalue weighted by Crippen LogP contribution is -2.54. The fourth-order valence-electron chi connectivity index (χ4n) is 8.34. The van der Waals surface area contributed by atoms with Gasteiger partial charge < -0.3 is 45.2 Å². The molecule has 0 unspecified atom stereocenters. The second kappa shape index (κ2) is 24.4. The lowest BCUT2D eigenvalue weighted by Gasteiger charge is -2.42. The maximum atomic E-state index is 12.7. The normalized spacial score (nSPS) is 20.3. The van der Waals surface area contributed by atoms with Crippen LogP contribution in [0.1, 0.15) is 87.5 Å². The van der Waals surface area contributed by atoms with Crippen molar-refractivity contribution >= 4 is 72.3 Å². The van der Waals surface area contributed by atoms with E-state index in [0.29, 0.717) is 43.7 Å². The summed E-state index contributed by atoms with van der Waals surface area (Å²) >= 11 is 0. The fourth-order valence-corrected chi connectivity index (χ4v) is 8.34. The maximum Gasteiger partial charge on any atom is 0.328 e. The van der Waals surface area contributed by atoms with Gasteiger partial charge in [0.1, 0.15) is 11.6 Å². The number of fused-ring (bicyclic) bond motifs is 2. The number of nitrogens with one attached hydrogen (secondary N) is 3. The standard InChI is InChI=1S/C23H32N4O3.C16H19N3O3.C7H15NO.2ClH/c1-3-4-11-30-19-15-27(16-19)20(28)6-5-17-12-18-13-23(7-9-26(2)10-8-23)22(29)25-21(18)24-14-17;1-19-6-4-16(5-7-19)9-12-8-11(2-3-13(20)21)10-17-14(12)18-15(16)22;1-2-3-4-9-7-5-8-6-7;;/h5-6,12,14,19H,3-4,7-11,13,15-16H2,1-2H3,(H,24,25,29);2-3,8,10H,4-7,9H2,1H3,(H,20,21)(H,17,18,22);7-8H,2-6H2,1H3;2*1H/b6-5+;3-2+;;;. The molecule has 0 saturated carbocycles. The Hall–Kier alpha value is -3.96. The number of aromatic nitrogens is 2. The van der Waals surface area contributed by atoms with Gasteiger partial charge in [0.2, 0.25) is 17.7 Å². The Morgan fingerprint density at radius 2 is 1.19 bits per heavy atom. The zero-order valence-corrected chi connectivity index (χ0v) is 39.0. The van der Waals surface area contributed by atoms with Gasteiger partial charge in [-0.15, -0.1) is 24.8 Å². The number of aliphatic carboxylic acids is 1. The monoisotopic (exact) mass is 914 g/mol. The predicted molar refractivity (Wildman–Crippen MR) is 250 cm³/mol. The van der Waals surface area contributed by atoms with Crippen LogP contribution in [0.4, 0.5) is 11.6 Å². The highest BCUT2D eigenvalue weighted by Gasteiger charge is 2.45. The van der Waals surface area contributed by atoms with Crippen LogP contribution >= 0.6 is 24.8 Å². The topological polar surface area (TPSA) is 179 Å². The molecular formula is C46H68Cl2N8O7. The molecule has 2 spiro atoms. The second-order valence-corrected chi connectivity index (χ2v) is 17.6. The molecule has 8 heterocycles. The number of hydrogen-bond donors (Lipinski definition) is 4. The fraction of sp³-hybridized carbons (Fsp3) is 0.609. The Kier molecular flexibility index (Phi) is 20.0. The summed E-state index contributed by atoms with van der Waals surface area (Å²) in [7, 11) is 4.17. The van der Waals surface area contributed by atoms with Gasteiger partial charge in [0.25, 0.3) is 0 Å². The van der Waals surface area contributed by atoms with Crippen molar-refractivity contribution in [2.24, 2.45) is 10.8 Å². The van der Waals surface area contributed by atoms with Gasteiger partial charge in [0.05, 0.1) is 23.0 Å². The van der Waals surface area contributed by atoms with Gasteiger partial charge >= 0.3 is 5.97 Å². The van der Waals surface area contributed by atoms with E-state index < -0.39 is 5.97 Å². The quantitative estimate of drug-likeness (QED) is 0.159. The molecule has 0 radical (unpaired) electrons. The van der Waals surface area contributed by atoms with Crippen LogP contribution in [-0.2, 0) is 41.5 Å². The molecule has 2 aromatic heterocycles. The summed E-state index contributed by atoms with van der Waals surface area (Å²) < 4.78 is 11.2. The number of carboxylic acids is 1. The number of rotatable bonds is 12. The van der Waals surface area contributed by atoms with Crippen molar-refractivity contribution in [3.05, 3.63) is 58.9 Å². The molecule has 0 aliphatic carbocycles. The lowest BCUT2D eigenvalue weighted by molar-refractivity contribution is -0.139. The third-order valence-corrected chi connectivity index (χ3v) is 12.8. The Labute approximate surface area is 385 Å². The van der Waals surface area contributed by atoms with Crippen molar-refractivity contribution in [2.75, 3.05) is 90.3 Å². The minimum absolute atomic E-state index is 0. The zero-order chi connectivity index (χ0) is 43.4. The minimum Gasteiger partial charge on any atom is -0.478 e. The van der Waals surface area contributed by atoms with E-state index in [1.54, 1.807) is 23.4 Å². The van der Waals surface area contributed by atoms with Gasteiger partial charge in [0, 0.05) is 63.9 Å². The Bertz CT molecular complexity index is 1910. The largest absolute Gasteiger partial charge is 0.478 e. The zero-order valence-electron chi connectivity index (χ0n) is 37.4. The van der Waals surface area contributed by atoms with E-state index in [2.05, 4.69) is 69.7 Å². The van der Waals surface area contributed by atoms with Crippen LogP contribution in [0.25, 0.3) is 12.2 Å². The molecule has 6 aliphatic rings. The van der Waals surface area contributed by atoms with E-state index in [1.165, 1.54) is 18.9 Å². The number of hydrogen-bond acceptors (Lipinski definition) is 11. The van der Waals surface area contributed by atoms with E-state index in [1.807, 2.05) is 12.1 Å². The molecule has 0 aromatic carbocycles. The molecule has 2 aromatic rings. The first-order valence-corrected chi connectivity index (χ1v) is 22.2. The Morgan fingerprint density at radius 1 is 0.746 bits per heavy atom. The number of carboxylic acid groups (broad SMARTS) is 1. The molecule has 15 nitrogen and oxygen atoms in total. The van der Waals surface area contributed by atoms with Gasteiger partial charge in [-0.1, -0.05) is 26.7 Å². The summed E-state index contributed by atoms with van der Waals surface area (Å²) in [6.45, 7) is 13.2. The number of ether oxygens (including phenoxy) is 2. The predicted octanol–water partition coefficient (Wildman–Crippen LogP) is 5.33. The molecule has 17 heteroatoms. The van der Waals surface area contributed by atoms with Crippen LogP contribution in [0.5, 0.6) is 0 Å². The van der Waals surface area contributed by atoms with Gasteiger partial charge in [-0.05, 0) is 138 Å². The smallest absolute Gasteiger partial charge is 0.328 e. The summed E-state index contributed by atoms with van der Waals surface area (Å²) in [5.74, 6) is 0.433. The Morgan fingerprint density at radius 3 is 1.60 bits per heavy atom. The number of unbranched alkanes of at least 4 members (excludes halogenated alkanes) is 2. The third-order valence-electron chi connectivity index (χ3n) is 12.8. The van der Waals surface area contributed by atoms with E-state index in [9.17, 15) is 19.2 Å². The number of carbonyl (C=O) groups is 4. The average molecular weight is 916 g/mol. The number of likely N-dealkylation sites (tertiary alicyclic amines) is 3. The number of pyridine rings is 2. The van der Waals surface area contributed by atoms with Crippen LogP contribution in [0, 0.1) is 10.8 Å². The Balaban J connectivity index is 0.000000231. The summed E-state index contributed by atoms with van der Waals surface area (Å²) in [5, 5.41) is 17.8. The molecule has 4 fully saturated rings. The molecule has 4 saturated heterocycles. The summed E-state index contributed by atoms with van der Waals surface area (Å²) in [5.41, 5.74) is 2.98. The third kappa shape index (κ3) is 14.0. The molecule has 4 N–H and O–H groups in total. The second-order valence-electron chi connectivity index (χ2n) is 17.6. The van der Waals surface area contributed by atoms with Crippen molar-refractivity contribution in [1.82, 2.24) is 30.0 Å². The van der Waals surface area contributed by atoms with Gasteiger partial charge in [0.15, 0.2) is 0 Å². The molecule has 6 aliphatic heterocycles. The van der Waals surface area contributed by atoms with Gasteiger partial charge in [-0.25, -0.2) is 14.8 Å². The molecule has 348 valence electrons. The summed E-state index contributed by atoms with van der Waals surface area (Å²) in [6, 6.07) is 3.97. The van der Waals surface area contributed by atoms with Gasteiger partial charge in [-0.3, -0.25) is 14.4 Å². The number of amides is 3. The number of halogens is 2. The number of anilines is 2. The van der Waals surface area contributed by atoms with Gasteiger partial charge in [-0.2, -0.15) is 0 Å². The number of carbonyl (C=O) groups excluding carboxylic acids is 3. The van der Waals surface area contributed by atoms with Crippen LogP contribution in [-0.4, -0.2) is 145 Å². The van der Waals surface area contributed by atoms with E-state index in [-0.39, 0.29) is 59.5 Å².